The molecule has 0 radical (unpaired) electrons. The van der Waals surface area contributed by atoms with E-state index in [-0.39, 0.29) is 25.7 Å². The van der Waals surface area contributed by atoms with E-state index >= 15 is 0 Å². The van der Waals surface area contributed by atoms with Gasteiger partial charge in [-0.3, -0.25) is 0 Å². The molecule has 1 heterocycles. The van der Waals surface area contributed by atoms with E-state index in [9.17, 15) is 21.6 Å². The molecule has 1 aliphatic rings. The monoisotopic (exact) mass is 368 g/mol. The summed E-state index contributed by atoms with van der Waals surface area (Å²) in [7, 11) is -3.71. The maximum atomic E-state index is 12.7. The van der Waals surface area contributed by atoms with Gasteiger partial charge >= 0.3 is 6.18 Å². The Bertz CT molecular complexity index is 642. The molecule has 0 spiro atoms. The fourth-order valence-electron chi connectivity index (χ4n) is 3.33. The van der Waals surface area contributed by atoms with Crippen LogP contribution in [0.2, 0.25) is 0 Å². The number of aromatic nitrogens is 1. The van der Waals surface area contributed by atoms with Crippen molar-refractivity contribution in [3.8, 4) is 0 Å². The third kappa shape index (κ3) is 4.11. The molecule has 1 unspecified atom stereocenters. The summed E-state index contributed by atoms with van der Waals surface area (Å²) in [4.78, 5) is 0. The molecule has 9 heteroatoms. The molecule has 0 aromatic carbocycles. The summed E-state index contributed by atoms with van der Waals surface area (Å²) >= 11 is 0. The highest BCUT2D eigenvalue weighted by molar-refractivity contribution is 7.90. The van der Waals surface area contributed by atoms with Gasteiger partial charge < -0.3 is 4.52 Å². The lowest BCUT2D eigenvalue weighted by Gasteiger charge is -2.30. The van der Waals surface area contributed by atoms with Crippen LogP contribution in [0.15, 0.2) is 4.52 Å². The molecule has 2 rings (SSSR count). The van der Waals surface area contributed by atoms with Crippen LogP contribution in [0.3, 0.4) is 0 Å². The first-order chi connectivity index (χ1) is 11.1. The molecule has 0 aliphatic heterocycles. The third-order valence-corrected chi connectivity index (χ3v) is 6.69. The Balaban J connectivity index is 2.08. The minimum absolute atomic E-state index is 0.0253. The van der Waals surface area contributed by atoms with Gasteiger partial charge in [0.15, 0.2) is 0 Å². The number of aryl methyl sites for hydroxylation is 2. The average Bonchev–Trinajstić information content (AvgIpc) is 2.83. The van der Waals surface area contributed by atoms with Crippen molar-refractivity contribution < 1.29 is 26.1 Å². The maximum Gasteiger partial charge on any atom is 0.391 e. The number of hydrogen-bond acceptors (Lipinski definition) is 4. The number of sulfonamides is 1. The molecule has 1 fully saturated rings. The summed E-state index contributed by atoms with van der Waals surface area (Å²) in [5, 5.41) is 3.04. The largest absolute Gasteiger partial charge is 0.391 e. The molecular weight excluding hydrogens is 345 g/mol. The van der Waals surface area contributed by atoms with Gasteiger partial charge in [0.05, 0.1) is 22.9 Å². The van der Waals surface area contributed by atoms with Gasteiger partial charge in [0, 0.05) is 5.56 Å². The van der Waals surface area contributed by atoms with Crippen LogP contribution in [-0.2, 0) is 10.0 Å². The van der Waals surface area contributed by atoms with Gasteiger partial charge in [0.25, 0.3) is 0 Å². The molecule has 1 atom stereocenters. The Kier molecular flexibility index (Phi) is 5.64. The summed E-state index contributed by atoms with van der Waals surface area (Å²) in [5.41, 5.74) is 1.31. The van der Waals surface area contributed by atoms with Gasteiger partial charge in [-0.25, -0.2) is 13.1 Å². The fourth-order valence-corrected chi connectivity index (χ4v) is 5.10. The summed E-state index contributed by atoms with van der Waals surface area (Å²) in [5.74, 6) is -0.851. The minimum atomic E-state index is -4.25. The average molecular weight is 368 g/mol. The second kappa shape index (κ2) is 7.03. The smallest absolute Gasteiger partial charge is 0.361 e. The lowest BCUT2D eigenvalue weighted by Crippen LogP contribution is -2.40. The number of nitrogens with zero attached hydrogens (tertiary/aromatic N) is 1. The second-order valence-corrected chi connectivity index (χ2v) is 8.37. The van der Waals surface area contributed by atoms with E-state index in [1.807, 2.05) is 6.92 Å². The number of alkyl halides is 3. The molecule has 24 heavy (non-hydrogen) atoms. The van der Waals surface area contributed by atoms with Gasteiger partial charge in [-0.2, -0.15) is 13.2 Å². The topological polar surface area (TPSA) is 72.2 Å². The third-order valence-electron chi connectivity index (χ3n) is 4.73. The summed E-state index contributed by atoms with van der Waals surface area (Å²) in [6.45, 7) is 5.28. The molecule has 1 aromatic heterocycles. The van der Waals surface area contributed by atoms with E-state index in [2.05, 4.69) is 9.88 Å². The van der Waals surface area contributed by atoms with Crippen molar-refractivity contribution >= 4 is 10.0 Å². The van der Waals surface area contributed by atoms with Crippen molar-refractivity contribution in [3.63, 3.8) is 0 Å². The number of halogens is 3. The first-order valence-corrected chi connectivity index (χ1v) is 9.61. The van der Waals surface area contributed by atoms with Crippen molar-refractivity contribution in [1.29, 1.82) is 0 Å². The van der Waals surface area contributed by atoms with E-state index in [1.54, 1.807) is 13.8 Å². The molecule has 138 valence electrons. The molecule has 1 aromatic rings. The quantitative estimate of drug-likeness (QED) is 0.858. The van der Waals surface area contributed by atoms with Crippen molar-refractivity contribution in [3.05, 3.63) is 17.0 Å². The standard InChI is InChI=1S/C15H23F3N2O3S/c1-4-13(14-9(2)19-23-10(14)3)20-24(21,22)12-7-5-11(6-8-12)15(16,17)18/h11-13,20H,4-8H2,1-3H3. The van der Waals surface area contributed by atoms with Gasteiger partial charge in [-0.05, 0) is 46.0 Å². The van der Waals surface area contributed by atoms with E-state index in [4.69, 9.17) is 4.52 Å². The highest BCUT2D eigenvalue weighted by atomic mass is 32.2. The Morgan fingerprint density at radius 1 is 1.25 bits per heavy atom. The van der Waals surface area contributed by atoms with Gasteiger partial charge in [0.2, 0.25) is 10.0 Å². The van der Waals surface area contributed by atoms with E-state index in [0.29, 0.717) is 23.4 Å². The van der Waals surface area contributed by atoms with E-state index in [0.717, 1.165) is 0 Å². The molecule has 0 saturated heterocycles. The highest BCUT2D eigenvalue weighted by Crippen LogP contribution is 2.39. The number of hydrogen-bond donors (Lipinski definition) is 1. The fraction of sp³-hybridized carbons (Fsp3) is 0.800. The second-order valence-electron chi connectivity index (χ2n) is 6.38. The van der Waals surface area contributed by atoms with Crippen LogP contribution in [-0.4, -0.2) is 25.0 Å². The Labute approximate surface area is 140 Å². The zero-order valence-electron chi connectivity index (χ0n) is 14.0. The highest BCUT2D eigenvalue weighted by Gasteiger charge is 2.44. The molecule has 5 nitrogen and oxygen atoms in total. The van der Waals surface area contributed by atoms with Crippen LogP contribution in [0.25, 0.3) is 0 Å². The minimum Gasteiger partial charge on any atom is -0.361 e. The van der Waals surface area contributed by atoms with Crippen LogP contribution in [0, 0.1) is 19.8 Å². The molecule has 1 aliphatic carbocycles. The molecule has 1 N–H and O–H groups in total. The molecular formula is C15H23F3N2O3S. The summed E-state index contributed by atoms with van der Waals surface area (Å²) in [6, 6.07) is -0.485. The molecule has 1 saturated carbocycles. The molecule has 0 amide bonds. The van der Waals surface area contributed by atoms with Crippen LogP contribution in [0.1, 0.15) is 62.1 Å². The SMILES string of the molecule is CCC(NS(=O)(=O)C1CCC(C(F)(F)F)CC1)c1c(C)noc1C. The lowest BCUT2D eigenvalue weighted by atomic mass is 9.88. The van der Waals surface area contributed by atoms with Crippen molar-refractivity contribution in [2.75, 3.05) is 0 Å². The van der Waals surface area contributed by atoms with Crippen molar-refractivity contribution in [2.24, 2.45) is 5.92 Å². The predicted octanol–water partition coefficient (Wildman–Crippen LogP) is 3.78. The van der Waals surface area contributed by atoms with Crippen LogP contribution in [0.4, 0.5) is 13.2 Å². The van der Waals surface area contributed by atoms with Crippen LogP contribution in [0.5, 0.6) is 0 Å². The van der Waals surface area contributed by atoms with Gasteiger partial charge in [-0.1, -0.05) is 12.1 Å². The summed E-state index contributed by atoms with van der Waals surface area (Å²) < 4.78 is 71.1. The van der Waals surface area contributed by atoms with Gasteiger partial charge in [-0.15, -0.1) is 0 Å². The lowest BCUT2D eigenvalue weighted by molar-refractivity contribution is -0.181. The van der Waals surface area contributed by atoms with E-state index < -0.39 is 33.4 Å². The van der Waals surface area contributed by atoms with Crippen molar-refractivity contribution in [1.82, 2.24) is 9.88 Å². The van der Waals surface area contributed by atoms with Crippen LogP contribution < -0.4 is 4.72 Å². The Morgan fingerprint density at radius 2 is 1.83 bits per heavy atom. The number of nitrogens with one attached hydrogen (secondary N) is 1. The normalized spacial score (nSPS) is 24.1. The maximum absolute atomic E-state index is 12.7. The molecule has 0 bridgehead atoms. The zero-order valence-corrected chi connectivity index (χ0v) is 14.8. The zero-order chi connectivity index (χ0) is 18.1. The Morgan fingerprint density at radius 3 is 2.25 bits per heavy atom. The Hall–Kier alpha value is -1.09. The first kappa shape index (κ1) is 19.2. The van der Waals surface area contributed by atoms with Crippen LogP contribution >= 0.6 is 0 Å². The van der Waals surface area contributed by atoms with Crippen molar-refractivity contribution in [2.45, 2.75) is 70.3 Å². The number of rotatable bonds is 5. The predicted molar refractivity (Wildman–Crippen MR) is 82.9 cm³/mol. The van der Waals surface area contributed by atoms with Gasteiger partial charge in [0.1, 0.15) is 5.76 Å². The van der Waals surface area contributed by atoms with E-state index in [1.165, 1.54) is 0 Å². The first-order valence-electron chi connectivity index (χ1n) is 8.06. The summed E-state index contributed by atoms with van der Waals surface area (Å²) in [6.07, 6.45) is -3.98.